The van der Waals surface area contributed by atoms with Gasteiger partial charge < -0.3 is 10.0 Å². The number of carbonyl (C=O) groups excluding carboxylic acids is 1. The molecule has 0 radical (unpaired) electrons. The van der Waals surface area contributed by atoms with Crippen LogP contribution in [0.15, 0.2) is 54.6 Å². The summed E-state index contributed by atoms with van der Waals surface area (Å²) in [7, 11) is -3.39. The standard InChI is InChI=1S/C20H24N2O4S/c1-27(25,26)21-18-9-5-8-17(14-18)20(24)22-12-10-16(11-13-22)19(23)15-6-3-2-4-7-15/h2-9,14,16,19,21,23H,10-13H2,1H3. The summed E-state index contributed by atoms with van der Waals surface area (Å²) in [6.07, 6.45) is 2.00. The monoisotopic (exact) mass is 388 g/mol. The zero-order valence-corrected chi connectivity index (χ0v) is 16.0. The topological polar surface area (TPSA) is 86.7 Å². The van der Waals surface area contributed by atoms with Crippen LogP contribution >= 0.6 is 0 Å². The Kier molecular flexibility index (Phi) is 5.82. The fourth-order valence-electron chi connectivity index (χ4n) is 3.45. The maximum atomic E-state index is 12.8. The third-order valence-electron chi connectivity index (χ3n) is 4.83. The molecule has 6 nitrogen and oxygen atoms in total. The van der Waals surface area contributed by atoms with E-state index in [-0.39, 0.29) is 11.8 Å². The SMILES string of the molecule is CS(=O)(=O)Nc1cccc(C(=O)N2CCC(C(O)c3ccccc3)CC2)c1. The molecule has 1 heterocycles. The lowest BCUT2D eigenvalue weighted by Crippen LogP contribution is -2.39. The normalized spacial score (nSPS) is 16.7. The van der Waals surface area contributed by atoms with Crippen molar-refractivity contribution in [3.05, 3.63) is 65.7 Å². The largest absolute Gasteiger partial charge is 0.388 e. The smallest absolute Gasteiger partial charge is 0.253 e. The predicted octanol–water partition coefficient (Wildman–Crippen LogP) is 2.64. The first kappa shape index (κ1) is 19.4. The van der Waals surface area contributed by atoms with E-state index in [9.17, 15) is 18.3 Å². The number of amides is 1. The van der Waals surface area contributed by atoms with Crippen LogP contribution in [0.5, 0.6) is 0 Å². The first-order chi connectivity index (χ1) is 12.8. The zero-order chi connectivity index (χ0) is 19.4. The minimum absolute atomic E-state index is 0.120. The van der Waals surface area contributed by atoms with Gasteiger partial charge >= 0.3 is 0 Å². The lowest BCUT2D eigenvalue weighted by molar-refractivity contribution is 0.0462. The minimum Gasteiger partial charge on any atom is -0.388 e. The summed E-state index contributed by atoms with van der Waals surface area (Å²) in [5.41, 5.74) is 1.73. The molecule has 0 spiro atoms. The van der Waals surface area contributed by atoms with Crippen LogP contribution in [0.2, 0.25) is 0 Å². The number of carbonyl (C=O) groups is 1. The number of aliphatic hydroxyl groups excluding tert-OH is 1. The Morgan fingerprint density at radius 3 is 2.41 bits per heavy atom. The first-order valence-electron chi connectivity index (χ1n) is 8.93. The molecular formula is C20H24N2O4S. The van der Waals surface area contributed by atoms with Gasteiger partial charge in [-0.3, -0.25) is 9.52 Å². The van der Waals surface area contributed by atoms with Gasteiger partial charge in [0.25, 0.3) is 5.91 Å². The van der Waals surface area contributed by atoms with Gasteiger partial charge in [-0.2, -0.15) is 0 Å². The van der Waals surface area contributed by atoms with Crippen molar-refractivity contribution >= 4 is 21.6 Å². The van der Waals surface area contributed by atoms with E-state index >= 15 is 0 Å². The highest BCUT2D eigenvalue weighted by Gasteiger charge is 2.28. The van der Waals surface area contributed by atoms with Crippen LogP contribution in [0.25, 0.3) is 0 Å². The molecule has 3 rings (SSSR count). The molecule has 2 aromatic carbocycles. The molecule has 7 heteroatoms. The van der Waals surface area contributed by atoms with E-state index in [1.54, 1.807) is 29.2 Å². The van der Waals surface area contributed by atoms with Gasteiger partial charge in [-0.1, -0.05) is 36.4 Å². The van der Waals surface area contributed by atoms with Gasteiger partial charge in [0.1, 0.15) is 0 Å². The summed E-state index contributed by atoms with van der Waals surface area (Å²) in [5, 5.41) is 10.6. The van der Waals surface area contributed by atoms with Gasteiger partial charge in [-0.25, -0.2) is 8.42 Å². The van der Waals surface area contributed by atoms with Crippen LogP contribution in [0.4, 0.5) is 5.69 Å². The number of anilines is 1. The number of sulfonamides is 1. The molecule has 2 aromatic rings. The molecule has 1 unspecified atom stereocenters. The third-order valence-corrected chi connectivity index (χ3v) is 5.43. The summed E-state index contributed by atoms with van der Waals surface area (Å²) < 4.78 is 25.1. The quantitative estimate of drug-likeness (QED) is 0.824. The number of hydrogen-bond acceptors (Lipinski definition) is 4. The van der Waals surface area contributed by atoms with Crippen molar-refractivity contribution in [2.75, 3.05) is 24.1 Å². The number of aliphatic hydroxyl groups is 1. The average Bonchev–Trinajstić information content (AvgIpc) is 2.66. The van der Waals surface area contributed by atoms with Crippen LogP contribution in [-0.4, -0.2) is 43.7 Å². The van der Waals surface area contributed by atoms with E-state index in [0.717, 1.165) is 24.7 Å². The molecule has 1 atom stereocenters. The van der Waals surface area contributed by atoms with E-state index in [4.69, 9.17) is 0 Å². The molecule has 2 N–H and O–H groups in total. The second-order valence-corrected chi connectivity index (χ2v) is 8.69. The molecule has 0 aliphatic carbocycles. The van der Waals surface area contributed by atoms with Crippen LogP contribution in [-0.2, 0) is 10.0 Å². The van der Waals surface area contributed by atoms with Gasteiger partial charge in [0, 0.05) is 24.3 Å². The number of nitrogens with one attached hydrogen (secondary N) is 1. The molecule has 1 aliphatic heterocycles. The van der Waals surface area contributed by atoms with Crippen molar-refractivity contribution in [1.29, 1.82) is 0 Å². The van der Waals surface area contributed by atoms with Crippen molar-refractivity contribution in [2.24, 2.45) is 5.92 Å². The van der Waals surface area contributed by atoms with Crippen LogP contribution in [0.3, 0.4) is 0 Å². The minimum atomic E-state index is -3.39. The number of nitrogens with zero attached hydrogens (tertiary/aromatic N) is 1. The molecule has 1 saturated heterocycles. The number of likely N-dealkylation sites (tertiary alicyclic amines) is 1. The first-order valence-corrected chi connectivity index (χ1v) is 10.8. The molecule has 1 aliphatic rings. The van der Waals surface area contributed by atoms with Crippen LogP contribution in [0.1, 0.15) is 34.9 Å². The van der Waals surface area contributed by atoms with E-state index < -0.39 is 16.1 Å². The number of piperidine rings is 1. The zero-order valence-electron chi connectivity index (χ0n) is 15.2. The highest BCUT2D eigenvalue weighted by atomic mass is 32.2. The van der Waals surface area contributed by atoms with E-state index in [1.807, 2.05) is 30.3 Å². The van der Waals surface area contributed by atoms with Crippen molar-refractivity contribution in [2.45, 2.75) is 18.9 Å². The lowest BCUT2D eigenvalue weighted by Gasteiger charge is -2.34. The van der Waals surface area contributed by atoms with Gasteiger partial charge in [0.15, 0.2) is 0 Å². The molecule has 0 saturated carbocycles. The number of benzene rings is 2. The van der Waals surface area contributed by atoms with Crippen molar-refractivity contribution in [1.82, 2.24) is 4.90 Å². The summed E-state index contributed by atoms with van der Waals surface area (Å²) in [6.45, 7) is 1.13. The average molecular weight is 388 g/mol. The number of rotatable bonds is 5. The molecule has 0 bridgehead atoms. The maximum Gasteiger partial charge on any atom is 0.253 e. The second-order valence-electron chi connectivity index (χ2n) is 6.94. The van der Waals surface area contributed by atoms with E-state index in [2.05, 4.69) is 4.72 Å². The van der Waals surface area contributed by atoms with Gasteiger partial charge in [-0.15, -0.1) is 0 Å². The van der Waals surface area contributed by atoms with Crippen molar-refractivity contribution < 1.29 is 18.3 Å². The van der Waals surface area contributed by atoms with Gasteiger partial charge in [-0.05, 0) is 42.5 Å². The van der Waals surface area contributed by atoms with Crippen LogP contribution < -0.4 is 4.72 Å². The molecule has 1 amide bonds. The third kappa shape index (κ3) is 5.08. The Morgan fingerprint density at radius 2 is 1.78 bits per heavy atom. The fraction of sp³-hybridized carbons (Fsp3) is 0.350. The molecule has 27 heavy (non-hydrogen) atoms. The van der Waals surface area contributed by atoms with E-state index in [0.29, 0.717) is 24.3 Å². The molecule has 0 aromatic heterocycles. The summed E-state index contributed by atoms with van der Waals surface area (Å²) >= 11 is 0. The Morgan fingerprint density at radius 1 is 1.11 bits per heavy atom. The predicted molar refractivity (Wildman–Crippen MR) is 105 cm³/mol. The van der Waals surface area contributed by atoms with Crippen molar-refractivity contribution in [3.63, 3.8) is 0 Å². The Labute approximate surface area is 159 Å². The van der Waals surface area contributed by atoms with Gasteiger partial charge in [0.2, 0.25) is 10.0 Å². The lowest BCUT2D eigenvalue weighted by atomic mass is 9.87. The van der Waals surface area contributed by atoms with Crippen LogP contribution in [0, 0.1) is 5.92 Å². The fourth-order valence-corrected chi connectivity index (χ4v) is 4.01. The number of hydrogen-bond donors (Lipinski definition) is 2. The van der Waals surface area contributed by atoms with Crippen molar-refractivity contribution in [3.8, 4) is 0 Å². The molecule has 1 fully saturated rings. The summed E-state index contributed by atoms with van der Waals surface area (Å²) in [5.74, 6) is -0.00510. The Bertz CT molecular complexity index is 891. The maximum absolute atomic E-state index is 12.8. The summed E-state index contributed by atoms with van der Waals surface area (Å²) in [6, 6.07) is 16.1. The van der Waals surface area contributed by atoms with E-state index in [1.165, 1.54) is 0 Å². The van der Waals surface area contributed by atoms with Gasteiger partial charge in [0.05, 0.1) is 12.4 Å². The second kappa shape index (κ2) is 8.10. The Balaban J connectivity index is 1.62. The highest BCUT2D eigenvalue weighted by Crippen LogP contribution is 2.31. The molecule has 144 valence electrons. The highest BCUT2D eigenvalue weighted by molar-refractivity contribution is 7.92. The molecular weight excluding hydrogens is 364 g/mol. The Hall–Kier alpha value is -2.38. The summed E-state index contributed by atoms with van der Waals surface area (Å²) in [4.78, 5) is 14.5.